The van der Waals surface area contributed by atoms with Crippen LogP contribution in [0, 0.1) is 10.1 Å². The monoisotopic (exact) mass is 341 g/mol. The molecule has 1 atom stereocenters. The molecule has 1 unspecified atom stereocenters. The lowest BCUT2D eigenvalue weighted by Crippen LogP contribution is -2.38. The molecule has 1 aliphatic rings. The fourth-order valence-corrected chi connectivity index (χ4v) is 2.62. The molecule has 1 saturated heterocycles. The van der Waals surface area contributed by atoms with E-state index >= 15 is 0 Å². The normalized spacial score (nSPS) is 17.7. The van der Waals surface area contributed by atoms with E-state index in [1.165, 1.54) is 30.7 Å². The average Bonchev–Trinajstić information content (AvgIpc) is 2.55. The number of aliphatic hydroxyl groups excluding tert-OH is 1. The smallest absolute Gasteiger partial charge is 0.269 e. The van der Waals surface area contributed by atoms with Crippen LogP contribution in [0.1, 0.15) is 24.8 Å². The van der Waals surface area contributed by atoms with Crippen molar-refractivity contribution in [3.05, 3.63) is 39.9 Å². The minimum Gasteiger partial charge on any atom is -0.392 e. The highest BCUT2D eigenvalue weighted by Crippen LogP contribution is 2.14. The zero-order valence-corrected chi connectivity index (χ0v) is 13.5. The maximum absolute atomic E-state index is 10.6. The van der Waals surface area contributed by atoms with Crippen LogP contribution in [-0.4, -0.2) is 52.4 Å². The summed E-state index contributed by atoms with van der Waals surface area (Å²) in [6.45, 7) is 2.62. The first-order valence-electron chi connectivity index (χ1n) is 7.57. The number of rotatable bonds is 7. The number of nitrogens with zero attached hydrogens (tertiary/aromatic N) is 3. The molecule has 1 heterocycles. The molecular formula is C15H20ClN3O4. The number of nitro benzene ring substituents is 1. The van der Waals surface area contributed by atoms with Crippen molar-refractivity contribution in [1.29, 1.82) is 0 Å². The summed E-state index contributed by atoms with van der Waals surface area (Å²) >= 11 is 5.98. The van der Waals surface area contributed by atoms with E-state index in [4.69, 9.17) is 16.4 Å². The zero-order valence-electron chi connectivity index (χ0n) is 12.7. The molecule has 1 fully saturated rings. The molecule has 0 amide bonds. The second kappa shape index (κ2) is 8.81. The third-order valence-corrected chi connectivity index (χ3v) is 3.93. The summed E-state index contributed by atoms with van der Waals surface area (Å²) in [6.07, 6.45) is 2.95. The van der Waals surface area contributed by atoms with Crippen molar-refractivity contribution in [2.24, 2.45) is 5.16 Å². The minimum absolute atomic E-state index is 0.0175. The molecule has 0 aliphatic carbocycles. The van der Waals surface area contributed by atoms with Crippen LogP contribution in [-0.2, 0) is 4.84 Å². The van der Waals surface area contributed by atoms with E-state index in [-0.39, 0.29) is 17.5 Å². The fourth-order valence-electron chi connectivity index (χ4n) is 2.45. The number of piperidine rings is 1. The first-order valence-corrected chi connectivity index (χ1v) is 7.95. The van der Waals surface area contributed by atoms with Gasteiger partial charge in [-0.15, -0.1) is 0 Å². The quantitative estimate of drug-likeness (QED) is 0.467. The van der Waals surface area contributed by atoms with Crippen LogP contribution in [0.5, 0.6) is 0 Å². The van der Waals surface area contributed by atoms with Gasteiger partial charge in [0, 0.05) is 24.2 Å². The number of hydrogen-bond donors (Lipinski definition) is 1. The summed E-state index contributed by atoms with van der Waals surface area (Å²) in [7, 11) is 0. The van der Waals surface area contributed by atoms with Crippen LogP contribution in [0.3, 0.4) is 0 Å². The number of hydrogen-bond acceptors (Lipinski definition) is 6. The van der Waals surface area contributed by atoms with Crippen molar-refractivity contribution in [2.75, 3.05) is 26.2 Å². The van der Waals surface area contributed by atoms with Crippen molar-refractivity contribution in [3.8, 4) is 0 Å². The van der Waals surface area contributed by atoms with E-state index in [0.29, 0.717) is 12.1 Å². The number of likely N-dealkylation sites (tertiary alicyclic amines) is 1. The van der Waals surface area contributed by atoms with Gasteiger partial charge in [0.1, 0.15) is 12.7 Å². The van der Waals surface area contributed by atoms with Gasteiger partial charge in [-0.05, 0) is 38.1 Å². The number of oxime groups is 1. The number of aliphatic hydroxyl groups is 1. The Morgan fingerprint density at radius 3 is 2.61 bits per heavy atom. The summed E-state index contributed by atoms with van der Waals surface area (Å²) in [5.74, 6) is 0. The first kappa shape index (κ1) is 17.7. The summed E-state index contributed by atoms with van der Waals surface area (Å²) in [4.78, 5) is 17.4. The molecule has 7 nitrogen and oxygen atoms in total. The van der Waals surface area contributed by atoms with Gasteiger partial charge in [-0.1, -0.05) is 23.2 Å². The Bertz CT molecular complexity index is 544. The van der Waals surface area contributed by atoms with E-state index in [1.54, 1.807) is 0 Å². The standard InChI is InChI=1S/C15H20ClN3O4/c16-15(12-4-6-13(7-5-12)19(21)22)17-23-11-14(20)10-18-8-2-1-3-9-18/h4-7,14,20H,1-3,8-11H2/b17-15-. The molecule has 0 saturated carbocycles. The second-order valence-corrected chi connectivity index (χ2v) is 5.85. The van der Waals surface area contributed by atoms with E-state index in [1.807, 2.05) is 0 Å². The van der Waals surface area contributed by atoms with Gasteiger partial charge in [0.15, 0.2) is 5.17 Å². The summed E-state index contributed by atoms with van der Waals surface area (Å²) < 4.78 is 0. The number of halogens is 1. The van der Waals surface area contributed by atoms with Crippen LogP contribution in [0.4, 0.5) is 5.69 Å². The molecule has 0 spiro atoms. The van der Waals surface area contributed by atoms with Crippen LogP contribution in [0.2, 0.25) is 0 Å². The zero-order chi connectivity index (χ0) is 16.7. The van der Waals surface area contributed by atoms with Crippen LogP contribution >= 0.6 is 11.6 Å². The largest absolute Gasteiger partial charge is 0.392 e. The maximum Gasteiger partial charge on any atom is 0.269 e. The lowest BCUT2D eigenvalue weighted by atomic mass is 10.1. The van der Waals surface area contributed by atoms with Gasteiger partial charge in [-0.25, -0.2) is 0 Å². The van der Waals surface area contributed by atoms with Gasteiger partial charge in [0.05, 0.1) is 4.92 Å². The SMILES string of the molecule is O=[N+]([O-])c1ccc(/C(Cl)=N/OCC(O)CN2CCCCC2)cc1. The highest BCUT2D eigenvalue weighted by atomic mass is 35.5. The van der Waals surface area contributed by atoms with Gasteiger partial charge < -0.3 is 14.8 Å². The minimum atomic E-state index is -0.627. The molecule has 0 aromatic heterocycles. The molecule has 8 heteroatoms. The Labute approximate surface area is 139 Å². The summed E-state index contributed by atoms with van der Waals surface area (Å²) in [5, 5.41) is 24.3. The van der Waals surface area contributed by atoms with Gasteiger partial charge in [0.25, 0.3) is 5.69 Å². The fraction of sp³-hybridized carbons (Fsp3) is 0.533. The number of β-amino-alcohol motifs (C(OH)–C–C–N with tert-alkyl or cyclic N) is 1. The summed E-state index contributed by atoms with van der Waals surface area (Å²) in [6, 6.07) is 5.69. The van der Waals surface area contributed by atoms with Crippen molar-refractivity contribution in [1.82, 2.24) is 4.90 Å². The van der Waals surface area contributed by atoms with E-state index in [2.05, 4.69) is 10.1 Å². The first-order chi connectivity index (χ1) is 11.1. The van der Waals surface area contributed by atoms with Gasteiger partial charge >= 0.3 is 0 Å². The average molecular weight is 342 g/mol. The van der Waals surface area contributed by atoms with Crippen LogP contribution < -0.4 is 0 Å². The number of non-ortho nitro benzene ring substituents is 1. The molecule has 0 radical (unpaired) electrons. The van der Waals surface area contributed by atoms with Gasteiger partial charge in [-0.3, -0.25) is 10.1 Å². The van der Waals surface area contributed by atoms with E-state index in [9.17, 15) is 15.2 Å². The molecular weight excluding hydrogens is 322 g/mol. The Morgan fingerprint density at radius 1 is 1.35 bits per heavy atom. The molecule has 23 heavy (non-hydrogen) atoms. The number of benzene rings is 1. The second-order valence-electron chi connectivity index (χ2n) is 5.50. The third-order valence-electron chi connectivity index (χ3n) is 3.65. The predicted octanol–water partition coefficient (Wildman–Crippen LogP) is 2.36. The van der Waals surface area contributed by atoms with E-state index < -0.39 is 11.0 Å². The van der Waals surface area contributed by atoms with Crippen LogP contribution in [0.15, 0.2) is 29.4 Å². The third kappa shape index (κ3) is 5.78. The van der Waals surface area contributed by atoms with Gasteiger partial charge in [-0.2, -0.15) is 0 Å². The molecule has 0 bridgehead atoms. The predicted molar refractivity (Wildman–Crippen MR) is 87.7 cm³/mol. The molecule has 1 aromatic rings. The summed E-state index contributed by atoms with van der Waals surface area (Å²) in [5.41, 5.74) is 0.499. The molecule has 126 valence electrons. The Morgan fingerprint density at radius 2 is 2.00 bits per heavy atom. The lowest BCUT2D eigenvalue weighted by molar-refractivity contribution is -0.384. The van der Waals surface area contributed by atoms with E-state index in [0.717, 1.165) is 25.9 Å². The Hall–Kier alpha value is -1.70. The molecule has 1 N–H and O–H groups in total. The van der Waals surface area contributed by atoms with Crippen molar-refractivity contribution in [2.45, 2.75) is 25.4 Å². The highest BCUT2D eigenvalue weighted by molar-refractivity contribution is 6.69. The molecule has 1 aliphatic heterocycles. The van der Waals surface area contributed by atoms with Crippen molar-refractivity contribution < 1.29 is 14.9 Å². The number of nitro groups is 1. The highest BCUT2D eigenvalue weighted by Gasteiger charge is 2.15. The van der Waals surface area contributed by atoms with Gasteiger partial charge in [0.2, 0.25) is 0 Å². The topological polar surface area (TPSA) is 88.2 Å². The lowest BCUT2D eigenvalue weighted by Gasteiger charge is -2.27. The van der Waals surface area contributed by atoms with Crippen LogP contribution in [0.25, 0.3) is 0 Å². The van der Waals surface area contributed by atoms with Crippen molar-refractivity contribution in [3.63, 3.8) is 0 Å². The molecule has 2 rings (SSSR count). The Balaban J connectivity index is 1.78. The van der Waals surface area contributed by atoms with Crippen molar-refractivity contribution >= 4 is 22.5 Å². The molecule has 1 aromatic carbocycles. The Kier molecular flexibility index (Phi) is 6.76. The maximum atomic E-state index is 10.6.